The van der Waals surface area contributed by atoms with E-state index in [1.54, 1.807) is 12.1 Å². The van der Waals surface area contributed by atoms with Crippen LogP contribution in [0.3, 0.4) is 0 Å². The summed E-state index contributed by atoms with van der Waals surface area (Å²) >= 11 is 0. The Morgan fingerprint density at radius 3 is 2.55 bits per heavy atom. The first-order chi connectivity index (χ1) is 20.9. The first-order valence-corrected chi connectivity index (χ1v) is 15.5. The van der Waals surface area contributed by atoms with Crippen molar-refractivity contribution >= 4 is 27.3 Å². The second kappa shape index (κ2) is 11.1. The Kier molecular flexibility index (Phi) is 7.55. The molecule has 2 N–H and O–H groups in total. The van der Waals surface area contributed by atoms with E-state index in [1.807, 2.05) is 6.07 Å². The highest BCUT2D eigenvalue weighted by Crippen LogP contribution is 2.49. The molecule has 0 unspecified atom stereocenters. The van der Waals surface area contributed by atoms with E-state index in [4.69, 9.17) is 9.47 Å². The molecule has 2 bridgehead atoms. The van der Waals surface area contributed by atoms with Gasteiger partial charge in [-0.3, -0.25) is 9.59 Å². The Morgan fingerprint density at radius 1 is 1.02 bits per heavy atom. The SMILES string of the molecule is COc1cc(F)c(-c2ccc3c(c2)OCC3)cc1C(=O)N[C@@H]1[C@H]2CC[C@H](C2)[C@@H]1C(=O)Nc1cccc(S(=O)(=O)C(F)(F)F)c1. The van der Waals surface area contributed by atoms with Crippen LogP contribution in [-0.2, 0) is 21.1 Å². The number of hydrogen-bond donors (Lipinski definition) is 2. The Bertz CT molecular complexity index is 1760. The maximum absolute atomic E-state index is 15.2. The molecular formula is C31H28F4N2O6S. The van der Waals surface area contributed by atoms with Crippen LogP contribution in [0.1, 0.15) is 35.2 Å². The van der Waals surface area contributed by atoms with Gasteiger partial charge in [0.15, 0.2) is 0 Å². The van der Waals surface area contributed by atoms with Crippen molar-refractivity contribution in [3.05, 3.63) is 71.5 Å². The van der Waals surface area contributed by atoms with Crippen LogP contribution in [0.4, 0.5) is 23.2 Å². The summed E-state index contributed by atoms with van der Waals surface area (Å²) in [4.78, 5) is 26.2. The van der Waals surface area contributed by atoms with Crippen LogP contribution >= 0.6 is 0 Å². The molecule has 4 atom stereocenters. The molecular weight excluding hydrogens is 604 g/mol. The van der Waals surface area contributed by atoms with Crippen molar-refractivity contribution in [2.75, 3.05) is 19.0 Å². The number of amides is 2. The van der Waals surface area contributed by atoms with Crippen molar-refractivity contribution in [1.29, 1.82) is 0 Å². The van der Waals surface area contributed by atoms with Crippen LogP contribution in [0.2, 0.25) is 0 Å². The number of anilines is 1. The van der Waals surface area contributed by atoms with Crippen LogP contribution < -0.4 is 20.1 Å². The lowest BCUT2D eigenvalue weighted by molar-refractivity contribution is -0.122. The molecule has 2 amide bonds. The van der Waals surface area contributed by atoms with E-state index in [-0.39, 0.29) is 34.4 Å². The summed E-state index contributed by atoms with van der Waals surface area (Å²) in [5.74, 6) is -1.90. The summed E-state index contributed by atoms with van der Waals surface area (Å²) in [6.45, 7) is 0.536. The third-order valence-electron chi connectivity index (χ3n) is 8.77. The molecule has 6 rings (SSSR count). The molecule has 0 saturated heterocycles. The van der Waals surface area contributed by atoms with Crippen LogP contribution in [0.5, 0.6) is 11.5 Å². The standard InChI is InChI=1S/C31H28F4N2O6S/c1-42-26-15-24(32)22(17-6-5-16-9-10-43-25(16)12-17)14-23(26)29(38)37-28-19-8-7-18(11-19)27(28)30(39)36-20-3-2-4-21(13-20)44(40,41)31(33,34)35/h2-6,12-15,18-19,27-28H,7-11H2,1H3,(H,36,39)(H,37,38)/t18-,19+,27+,28-/m1/s1. The van der Waals surface area contributed by atoms with Gasteiger partial charge in [0, 0.05) is 29.8 Å². The van der Waals surface area contributed by atoms with Gasteiger partial charge in [-0.05, 0) is 72.6 Å². The molecule has 0 radical (unpaired) electrons. The fourth-order valence-electron chi connectivity index (χ4n) is 6.66. The minimum atomic E-state index is -5.61. The first kappa shape index (κ1) is 29.9. The van der Waals surface area contributed by atoms with Crippen molar-refractivity contribution in [3.63, 3.8) is 0 Å². The van der Waals surface area contributed by atoms with Gasteiger partial charge in [0.2, 0.25) is 5.91 Å². The van der Waals surface area contributed by atoms with Crippen molar-refractivity contribution in [3.8, 4) is 22.6 Å². The Labute approximate surface area is 250 Å². The molecule has 3 aliphatic rings. The topological polar surface area (TPSA) is 111 Å². The summed E-state index contributed by atoms with van der Waals surface area (Å²) in [6.07, 6.45) is 2.90. The number of carbonyl (C=O) groups excluding carboxylic acids is 2. The van der Waals surface area contributed by atoms with Gasteiger partial charge < -0.3 is 20.1 Å². The van der Waals surface area contributed by atoms with Gasteiger partial charge in [0.25, 0.3) is 15.7 Å². The zero-order valence-electron chi connectivity index (χ0n) is 23.4. The lowest BCUT2D eigenvalue weighted by atomic mass is 9.83. The Balaban J connectivity index is 1.25. The zero-order valence-corrected chi connectivity index (χ0v) is 24.2. The van der Waals surface area contributed by atoms with Gasteiger partial charge in [-0.25, -0.2) is 12.8 Å². The smallest absolute Gasteiger partial charge is 0.496 e. The third kappa shape index (κ3) is 5.27. The number of carbonyl (C=O) groups is 2. The number of fused-ring (bicyclic) bond motifs is 3. The van der Waals surface area contributed by atoms with Gasteiger partial charge in [0.1, 0.15) is 17.3 Å². The molecule has 3 aromatic carbocycles. The quantitative estimate of drug-likeness (QED) is 0.333. The molecule has 8 nitrogen and oxygen atoms in total. The second-order valence-electron chi connectivity index (χ2n) is 11.3. The lowest BCUT2D eigenvalue weighted by Gasteiger charge is -2.31. The number of nitrogens with one attached hydrogen (secondary N) is 2. The number of methoxy groups -OCH3 is 1. The second-order valence-corrected chi connectivity index (χ2v) is 13.2. The summed E-state index contributed by atoms with van der Waals surface area (Å²) in [7, 11) is -4.29. The van der Waals surface area contributed by atoms with E-state index in [9.17, 15) is 31.2 Å². The number of ether oxygens (including phenoxy) is 2. The predicted octanol–water partition coefficient (Wildman–Crippen LogP) is 5.51. The number of halogens is 4. The third-order valence-corrected chi connectivity index (χ3v) is 10.3. The minimum absolute atomic E-state index is 0.00741. The lowest BCUT2D eigenvalue weighted by Crippen LogP contribution is -2.48. The molecule has 3 aromatic rings. The van der Waals surface area contributed by atoms with Crippen LogP contribution in [0.15, 0.2) is 59.5 Å². The first-order valence-electron chi connectivity index (χ1n) is 14.0. The fraction of sp³-hybridized carbons (Fsp3) is 0.355. The zero-order chi connectivity index (χ0) is 31.4. The predicted molar refractivity (Wildman–Crippen MR) is 151 cm³/mol. The van der Waals surface area contributed by atoms with Gasteiger partial charge in [-0.2, -0.15) is 13.2 Å². The van der Waals surface area contributed by atoms with E-state index in [2.05, 4.69) is 10.6 Å². The minimum Gasteiger partial charge on any atom is -0.496 e. The normalized spacial score (nSPS) is 22.3. The van der Waals surface area contributed by atoms with Gasteiger partial charge in [-0.15, -0.1) is 0 Å². The maximum atomic E-state index is 15.2. The maximum Gasteiger partial charge on any atom is 0.501 e. The van der Waals surface area contributed by atoms with E-state index in [1.165, 1.54) is 19.2 Å². The van der Waals surface area contributed by atoms with Gasteiger partial charge in [-0.1, -0.05) is 18.2 Å². The molecule has 2 fully saturated rings. The van der Waals surface area contributed by atoms with E-state index < -0.39 is 49.8 Å². The highest BCUT2D eigenvalue weighted by molar-refractivity contribution is 7.92. The molecule has 0 aromatic heterocycles. The van der Waals surface area contributed by atoms with Crippen molar-refractivity contribution in [2.45, 2.75) is 42.1 Å². The molecule has 1 heterocycles. The summed E-state index contributed by atoms with van der Waals surface area (Å²) < 4.78 is 89.1. The summed E-state index contributed by atoms with van der Waals surface area (Å²) in [5, 5.41) is 5.49. The van der Waals surface area contributed by atoms with E-state index in [0.717, 1.165) is 49.1 Å². The van der Waals surface area contributed by atoms with Crippen LogP contribution in [-0.4, -0.2) is 45.5 Å². The Hall–Kier alpha value is -4.13. The van der Waals surface area contributed by atoms with Crippen LogP contribution in [0, 0.1) is 23.6 Å². The number of hydrogen-bond acceptors (Lipinski definition) is 6. The molecule has 13 heteroatoms. The highest BCUT2D eigenvalue weighted by Gasteiger charge is 2.52. The number of benzene rings is 3. The van der Waals surface area contributed by atoms with Crippen molar-refractivity contribution in [2.24, 2.45) is 17.8 Å². The monoisotopic (exact) mass is 632 g/mol. The fourth-order valence-corrected chi connectivity index (χ4v) is 7.47. The van der Waals surface area contributed by atoms with Crippen molar-refractivity contribution in [1.82, 2.24) is 5.32 Å². The number of rotatable bonds is 7. The molecule has 1 aliphatic heterocycles. The molecule has 2 saturated carbocycles. The summed E-state index contributed by atoms with van der Waals surface area (Å²) in [6, 6.07) is 11.2. The molecule has 232 valence electrons. The summed E-state index contributed by atoms with van der Waals surface area (Å²) in [5.41, 5.74) is -3.84. The van der Waals surface area contributed by atoms with Crippen LogP contribution in [0.25, 0.3) is 11.1 Å². The average Bonchev–Trinajstić information content (AvgIpc) is 3.73. The van der Waals surface area contributed by atoms with Gasteiger partial charge >= 0.3 is 5.51 Å². The van der Waals surface area contributed by atoms with E-state index in [0.29, 0.717) is 24.3 Å². The van der Waals surface area contributed by atoms with E-state index >= 15 is 4.39 Å². The molecule has 44 heavy (non-hydrogen) atoms. The molecule has 0 spiro atoms. The number of sulfone groups is 1. The Morgan fingerprint density at radius 2 is 1.80 bits per heavy atom. The highest BCUT2D eigenvalue weighted by atomic mass is 32.2. The number of alkyl halides is 3. The van der Waals surface area contributed by atoms with Gasteiger partial charge in [0.05, 0.1) is 30.1 Å². The van der Waals surface area contributed by atoms with Crippen molar-refractivity contribution < 1.29 is 45.0 Å². The average molecular weight is 633 g/mol. The molecule has 2 aliphatic carbocycles. The largest absolute Gasteiger partial charge is 0.501 e.